The summed E-state index contributed by atoms with van der Waals surface area (Å²) < 4.78 is 0. The van der Waals surface area contributed by atoms with E-state index in [4.69, 9.17) is 0 Å². The van der Waals surface area contributed by atoms with Crippen LogP contribution in [-0.2, 0) is 0 Å². The van der Waals surface area contributed by atoms with Crippen LogP contribution < -0.4 is 0 Å². The van der Waals surface area contributed by atoms with E-state index in [-0.39, 0.29) is 29.5 Å². The first-order chi connectivity index (χ1) is 12.7. The van der Waals surface area contributed by atoms with Crippen molar-refractivity contribution < 1.29 is 14.5 Å². The number of nitro benzene ring substituents is 1. The molecule has 1 aliphatic heterocycles. The van der Waals surface area contributed by atoms with Crippen molar-refractivity contribution in [2.24, 2.45) is 5.41 Å². The molecular weight excluding hydrogens is 344 g/mol. The van der Waals surface area contributed by atoms with Gasteiger partial charge in [0.05, 0.1) is 22.6 Å². The number of non-ortho nitro benzene ring substituents is 1. The Hall–Kier alpha value is -3.28. The molecule has 2 aromatic rings. The van der Waals surface area contributed by atoms with Crippen molar-refractivity contribution >= 4 is 23.6 Å². The average molecular weight is 364 g/mol. The summed E-state index contributed by atoms with van der Waals surface area (Å²) in [5.41, 5.74) is 1.97. The molecule has 0 aliphatic carbocycles. The molecule has 0 bridgehead atoms. The van der Waals surface area contributed by atoms with Crippen molar-refractivity contribution in [1.82, 2.24) is 4.90 Å². The lowest BCUT2D eigenvalue weighted by molar-refractivity contribution is -0.384. The molecule has 0 atom stereocenters. The minimum atomic E-state index is -0.446. The third kappa shape index (κ3) is 3.65. The van der Waals surface area contributed by atoms with Gasteiger partial charge in [0.15, 0.2) is 0 Å². The van der Waals surface area contributed by atoms with Crippen LogP contribution in [-0.4, -0.2) is 28.2 Å². The number of amides is 2. The van der Waals surface area contributed by atoms with Crippen LogP contribution in [0.4, 0.5) is 5.69 Å². The highest BCUT2D eigenvalue weighted by Gasteiger charge is 2.36. The van der Waals surface area contributed by atoms with Gasteiger partial charge in [-0.2, -0.15) is 0 Å². The molecule has 0 saturated heterocycles. The molecular formula is C21H20N2O4. The normalized spacial score (nSPS) is 14.5. The van der Waals surface area contributed by atoms with E-state index in [1.165, 1.54) is 17.0 Å². The quantitative estimate of drug-likeness (QED) is 0.460. The molecule has 27 heavy (non-hydrogen) atoms. The Bertz CT molecular complexity index is 935. The average Bonchev–Trinajstić information content (AvgIpc) is 2.86. The number of nitro groups is 1. The standard InChI is InChI=1S/C21H20N2O4/c1-21(2,3)15(11-14-7-6-8-16(12-14)23(26)27)13-22-19(24)17-9-4-5-10-18(17)20(22)25/h4-12H,13H2,1-3H3/b15-11+. The fourth-order valence-corrected chi connectivity index (χ4v) is 2.98. The first-order valence-electron chi connectivity index (χ1n) is 8.59. The molecule has 138 valence electrons. The molecule has 3 rings (SSSR count). The van der Waals surface area contributed by atoms with Crippen LogP contribution in [0.25, 0.3) is 6.08 Å². The number of nitrogens with zero attached hydrogens (tertiary/aromatic N) is 2. The van der Waals surface area contributed by atoms with E-state index in [9.17, 15) is 19.7 Å². The highest BCUT2D eigenvalue weighted by atomic mass is 16.6. The molecule has 6 heteroatoms. The van der Waals surface area contributed by atoms with Crippen molar-refractivity contribution in [2.45, 2.75) is 20.8 Å². The van der Waals surface area contributed by atoms with E-state index < -0.39 is 4.92 Å². The van der Waals surface area contributed by atoms with Gasteiger partial charge in [-0.05, 0) is 28.7 Å². The largest absolute Gasteiger partial charge is 0.270 e. The van der Waals surface area contributed by atoms with E-state index in [0.29, 0.717) is 16.7 Å². The molecule has 0 saturated carbocycles. The van der Waals surface area contributed by atoms with E-state index >= 15 is 0 Å². The molecule has 0 unspecified atom stereocenters. The van der Waals surface area contributed by atoms with Crippen LogP contribution in [0.2, 0.25) is 0 Å². The van der Waals surface area contributed by atoms with Crippen LogP contribution in [0.15, 0.2) is 54.1 Å². The van der Waals surface area contributed by atoms with Gasteiger partial charge in [-0.3, -0.25) is 24.6 Å². The number of rotatable bonds is 4. The third-order valence-electron chi connectivity index (χ3n) is 4.59. The smallest absolute Gasteiger partial charge is 0.270 e. The van der Waals surface area contributed by atoms with E-state index in [0.717, 1.165) is 5.57 Å². The third-order valence-corrected chi connectivity index (χ3v) is 4.59. The lowest BCUT2D eigenvalue weighted by Crippen LogP contribution is -2.34. The van der Waals surface area contributed by atoms with Crippen LogP contribution >= 0.6 is 0 Å². The zero-order valence-corrected chi connectivity index (χ0v) is 15.4. The van der Waals surface area contributed by atoms with Crippen LogP contribution in [0, 0.1) is 15.5 Å². The van der Waals surface area contributed by atoms with Crippen molar-refractivity contribution in [1.29, 1.82) is 0 Å². The van der Waals surface area contributed by atoms with Crippen LogP contribution in [0.3, 0.4) is 0 Å². The molecule has 0 N–H and O–H groups in total. The van der Waals surface area contributed by atoms with E-state index in [1.807, 2.05) is 26.8 Å². The number of imide groups is 1. The molecule has 0 spiro atoms. The van der Waals surface area contributed by atoms with Gasteiger partial charge in [-0.1, -0.05) is 51.1 Å². The zero-order valence-electron chi connectivity index (χ0n) is 15.4. The maximum absolute atomic E-state index is 12.7. The summed E-state index contributed by atoms with van der Waals surface area (Å²) >= 11 is 0. The molecule has 0 fully saturated rings. The second-order valence-electron chi connectivity index (χ2n) is 7.51. The number of fused-ring (bicyclic) bond motifs is 1. The predicted molar refractivity (Wildman–Crippen MR) is 102 cm³/mol. The summed E-state index contributed by atoms with van der Waals surface area (Å²) in [5, 5.41) is 11.0. The molecule has 1 aliphatic rings. The molecule has 2 amide bonds. The second-order valence-corrected chi connectivity index (χ2v) is 7.51. The fraction of sp³-hybridized carbons (Fsp3) is 0.238. The maximum atomic E-state index is 12.7. The molecule has 6 nitrogen and oxygen atoms in total. The monoisotopic (exact) mass is 364 g/mol. The molecule has 1 heterocycles. The van der Waals surface area contributed by atoms with Crippen molar-refractivity contribution in [3.05, 3.63) is 80.9 Å². The van der Waals surface area contributed by atoms with Crippen LogP contribution in [0.5, 0.6) is 0 Å². The summed E-state index contributed by atoms with van der Waals surface area (Å²) in [4.78, 5) is 37.1. The highest BCUT2D eigenvalue weighted by molar-refractivity contribution is 6.21. The number of carbonyl (C=O) groups is 2. The number of hydrogen-bond acceptors (Lipinski definition) is 4. The minimum absolute atomic E-state index is 0.00209. The molecule has 0 aromatic heterocycles. The molecule has 2 aromatic carbocycles. The van der Waals surface area contributed by atoms with Gasteiger partial charge in [0.2, 0.25) is 0 Å². The Morgan fingerprint density at radius 3 is 2.15 bits per heavy atom. The van der Waals surface area contributed by atoms with E-state index in [2.05, 4.69) is 0 Å². The fourth-order valence-electron chi connectivity index (χ4n) is 2.98. The van der Waals surface area contributed by atoms with E-state index in [1.54, 1.807) is 36.4 Å². The van der Waals surface area contributed by atoms with Gasteiger partial charge in [0.25, 0.3) is 17.5 Å². The predicted octanol–water partition coefficient (Wildman–Crippen LogP) is 4.32. The van der Waals surface area contributed by atoms with Crippen molar-refractivity contribution in [3.63, 3.8) is 0 Å². The number of carbonyl (C=O) groups excluding carboxylic acids is 2. The Morgan fingerprint density at radius 2 is 1.63 bits per heavy atom. The summed E-state index contributed by atoms with van der Waals surface area (Å²) in [5.74, 6) is -0.630. The lowest BCUT2D eigenvalue weighted by atomic mass is 9.84. The molecule has 0 radical (unpaired) electrons. The summed E-state index contributed by atoms with van der Waals surface area (Å²) in [6.45, 7) is 6.08. The first-order valence-corrected chi connectivity index (χ1v) is 8.59. The lowest BCUT2D eigenvalue weighted by Gasteiger charge is -2.27. The highest BCUT2D eigenvalue weighted by Crippen LogP contribution is 2.31. The first kappa shape index (κ1) is 18.5. The number of hydrogen-bond donors (Lipinski definition) is 0. The van der Waals surface area contributed by atoms with Gasteiger partial charge in [0, 0.05) is 12.1 Å². The summed E-state index contributed by atoms with van der Waals surface area (Å²) in [6.07, 6.45) is 1.82. The minimum Gasteiger partial charge on any atom is -0.270 e. The summed E-state index contributed by atoms with van der Waals surface area (Å²) in [6, 6.07) is 13.1. The van der Waals surface area contributed by atoms with Gasteiger partial charge in [-0.25, -0.2) is 0 Å². The number of benzene rings is 2. The maximum Gasteiger partial charge on any atom is 0.270 e. The van der Waals surface area contributed by atoms with Gasteiger partial charge in [0.1, 0.15) is 0 Å². The van der Waals surface area contributed by atoms with Crippen LogP contribution in [0.1, 0.15) is 47.1 Å². The SMILES string of the molecule is CC(C)(C)/C(=C/c1cccc([N+](=O)[O-])c1)CN1C(=O)c2ccccc2C1=O. The van der Waals surface area contributed by atoms with Crippen molar-refractivity contribution in [2.75, 3.05) is 6.54 Å². The topological polar surface area (TPSA) is 80.5 Å². The Morgan fingerprint density at radius 1 is 1.04 bits per heavy atom. The second kappa shape index (κ2) is 6.79. The zero-order chi connectivity index (χ0) is 19.8. The van der Waals surface area contributed by atoms with Gasteiger partial charge < -0.3 is 0 Å². The Labute approximate surface area is 157 Å². The Kier molecular flexibility index (Phi) is 4.66. The summed E-state index contributed by atoms with van der Waals surface area (Å²) in [7, 11) is 0. The Balaban J connectivity index is 1.96. The van der Waals surface area contributed by atoms with Gasteiger partial charge in [-0.15, -0.1) is 0 Å². The van der Waals surface area contributed by atoms with Gasteiger partial charge >= 0.3 is 0 Å². The van der Waals surface area contributed by atoms with Crippen molar-refractivity contribution in [3.8, 4) is 0 Å².